The molecule has 0 atom stereocenters. The molecule has 1 aromatic heterocycles. The minimum Gasteiger partial charge on any atom is -0.495 e. The highest BCUT2D eigenvalue weighted by Crippen LogP contribution is 2.20. The van der Waals surface area contributed by atoms with Crippen molar-refractivity contribution in [2.45, 2.75) is 19.3 Å². The number of piperidine rings is 1. The van der Waals surface area contributed by atoms with E-state index in [2.05, 4.69) is 10.3 Å². The van der Waals surface area contributed by atoms with Gasteiger partial charge < -0.3 is 10.1 Å². The molecular weight excluding hydrogens is 216 g/mol. The first-order valence-corrected chi connectivity index (χ1v) is 6.02. The molecule has 0 aliphatic carbocycles. The third-order valence-corrected chi connectivity index (χ3v) is 3.20. The molecule has 1 N–H and O–H groups in total. The van der Waals surface area contributed by atoms with E-state index in [1.54, 1.807) is 25.6 Å². The summed E-state index contributed by atoms with van der Waals surface area (Å²) in [6.45, 7) is 2.04. The van der Waals surface area contributed by atoms with Crippen molar-refractivity contribution in [3.63, 3.8) is 0 Å². The topological polar surface area (TPSA) is 51.2 Å². The van der Waals surface area contributed by atoms with Crippen molar-refractivity contribution in [2.75, 3.05) is 20.2 Å². The van der Waals surface area contributed by atoms with Crippen LogP contribution in [-0.4, -0.2) is 31.0 Å². The lowest BCUT2D eigenvalue weighted by Gasteiger charge is -2.21. The second-order valence-corrected chi connectivity index (χ2v) is 4.43. The number of ether oxygens (including phenoxy) is 1. The number of methoxy groups -OCH3 is 1. The fraction of sp³-hybridized carbons (Fsp3) is 0.538. The molecule has 2 heterocycles. The Kier molecular flexibility index (Phi) is 4.09. The van der Waals surface area contributed by atoms with Crippen molar-refractivity contribution in [1.29, 1.82) is 0 Å². The van der Waals surface area contributed by atoms with E-state index < -0.39 is 0 Å². The third kappa shape index (κ3) is 3.27. The van der Waals surface area contributed by atoms with Gasteiger partial charge >= 0.3 is 0 Å². The highest BCUT2D eigenvalue weighted by atomic mass is 16.5. The number of pyridine rings is 1. The number of carbonyl (C=O) groups is 1. The van der Waals surface area contributed by atoms with Crippen molar-refractivity contribution < 1.29 is 9.53 Å². The lowest BCUT2D eigenvalue weighted by Crippen LogP contribution is -2.28. The first-order chi connectivity index (χ1) is 8.29. The summed E-state index contributed by atoms with van der Waals surface area (Å²) < 4.78 is 5.07. The van der Waals surface area contributed by atoms with Crippen LogP contribution in [0.15, 0.2) is 18.5 Å². The van der Waals surface area contributed by atoms with E-state index in [0.717, 1.165) is 25.9 Å². The number of hydrogen-bond donors (Lipinski definition) is 1. The number of aromatic nitrogens is 1. The van der Waals surface area contributed by atoms with Gasteiger partial charge in [-0.25, -0.2) is 0 Å². The molecule has 2 rings (SSSR count). The lowest BCUT2D eigenvalue weighted by molar-refractivity contribution is 0.0951. The summed E-state index contributed by atoms with van der Waals surface area (Å²) in [5.74, 6) is 1.32. The Hall–Kier alpha value is -1.42. The fourth-order valence-corrected chi connectivity index (χ4v) is 2.15. The van der Waals surface area contributed by atoms with Crippen LogP contribution in [0.5, 0.6) is 5.75 Å². The molecule has 1 fully saturated rings. The predicted octanol–water partition coefficient (Wildman–Crippen LogP) is 1.66. The van der Waals surface area contributed by atoms with E-state index in [-0.39, 0.29) is 5.78 Å². The van der Waals surface area contributed by atoms with Gasteiger partial charge in [0.05, 0.1) is 13.3 Å². The van der Waals surface area contributed by atoms with Gasteiger partial charge in [0, 0.05) is 18.2 Å². The molecule has 1 aliphatic rings. The minimum absolute atomic E-state index is 0.170. The summed E-state index contributed by atoms with van der Waals surface area (Å²) in [4.78, 5) is 16.1. The summed E-state index contributed by atoms with van der Waals surface area (Å²) in [6, 6.07) is 1.76. The molecule has 0 spiro atoms. The lowest BCUT2D eigenvalue weighted by atomic mass is 9.91. The number of rotatable bonds is 4. The summed E-state index contributed by atoms with van der Waals surface area (Å²) in [7, 11) is 1.58. The van der Waals surface area contributed by atoms with Gasteiger partial charge in [0.2, 0.25) is 0 Å². The molecule has 0 radical (unpaired) electrons. The van der Waals surface area contributed by atoms with Crippen LogP contribution in [0.4, 0.5) is 0 Å². The molecule has 0 unspecified atom stereocenters. The molecule has 1 saturated heterocycles. The maximum Gasteiger partial charge on any atom is 0.164 e. The zero-order valence-corrected chi connectivity index (χ0v) is 10.1. The normalized spacial score (nSPS) is 16.8. The molecule has 0 bridgehead atoms. The molecule has 4 nitrogen and oxygen atoms in total. The van der Waals surface area contributed by atoms with E-state index in [0.29, 0.717) is 23.7 Å². The predicted molar refractivity (Wildman–Crippen MR) is 65.3 cm³/mol. The second kappa shape index (κ2) is 5.77. The molecule has 0 saturated carbocycles. The van der Waals surface area contributed by atoms with Crippen LogP contribution in [0.3, 0.4) is 0 Å². The molecule has 0 aromatic carbocycles. The van der Waals surface area contributed by atoms with Gasteiger partial charge in [0.1, 0.15) is 5.75 Å². The largest absolute Gasteiger partial charge is 0.495 e. The SMILES string of the molecule is COc1cncc(C(=O)CC2CCNCC2)c1. The Morgan fingerprint density at radius 2 is 2.24 bits per heavy atom. The number of hydrogen-bond acceptors (Lipinski definition) is 4. The smallest absolute Gasteiger partial charge is 0.164 e. The number of Topliss-reactive ketones (excluding diaryl/α,β-unsaturated/α-hetero) is 1. The summed E-state index contributed by atoms with van der Waals surface area (Å²) in [6.07, 6.45) is 6.02. The first kappa shape index (κ1) is 12.0. The van der Waals surface area contributed by atoms with Gasteiger partial charge in [-0.15, -0.1) is 0 Å². The van der Waals surface area contributed by atoms with Crippen LogP contribution >= 0.6 is 0 Å². The van der Waals surface area contributed by atoms with E-state index in [4.69, 9.17) is 4.74 Å². The zero-order chi connectivity index (χ0) is 12.1. The molecular formula is C13H18N2O2. The Morgan fingerprint density at radius 3 is 2.94 bits per heavy atom. The van der Waals surface area contributed by atoms with Crippen molar-refractivity contribution in [1.82, 2.24) is 10.3 Å². The van der Waals surface area contributed by atoms with E-state index in [9.17, 15) is 4.79 Å². The molecule has 4 heteroatoms. The van der Waals surface area contributed by atoms with Gasteiger partial charge in [-0.05, 0) is 37.9 Å². The van der Waals surface area contributed by atoms with Crippen molar-refractivity contribution in [3.05, 3.63) is 24.0 Å². The van der Waals surface area contributed by atoms with Crippen LogP contribution < -0.4 is 10.1 Å². The van der Waals surface area contributed by atoms with Crippen LogP contribution in [0.2, 0.25) is 0 Å². The summed E-state index contributed by atoms with van der Waals surface area (Å²) in [5.41, 5.74) is 0.655. The Bertz CT molecular complexity index is 387. The van der Waals surface area contributed by atoms with Gasteiger partial charge in [0.25, 0.3) is 0 Å². The van der Waals surface area contributed by atoms with E-state index in [1.165, 1.54) is 0 Å². The fourth-order valence-electron chi connectivity index (χ4n) is 2.15. The van der Waals surface area contributed by atoms with Crippen molar-refractivity contribution in [2.24, 2.45) is 5.92 Å². The van der Waals surface area contributed by atoms with Crippen LogP contribution in [0.25, 0.3) is 0 Å². The molecule has 17 heavy (non-hydrogen) atoms. The van der Waals surface area contributed by atoms with Gasteiger partial charge in [-0.2, -0.15) is 0 Å². The zero-order valence-electron chi connectivity index (χ0n) is 10.1. The minimum atomic E-state index is 0.170. The first-order valence-electron chi connectivity index (χ1n) is 6.02. The second-order valence-electron chi connectivity index (χ2n) is 4.43. The van der Waals surface area contributed by atoms with Crippen LogP contribution in [0.1, 0.15) is 29.6 Å². The average Bonchev–Trinajstić information content (AvgIpc) is 2.40. The molecule has 1 aliphatic heterocycles. The number of nitrogens with one attached hydrogen (secondary N) is 1. The van der Waals surface area contributed by atoms with Crippen LogP contribution in [0, 0.1) is 5.92 Å². The summed E-state index contributed by atoms with van der Waals surface area (Å²) >= 11 is 0. The molecule has 92 valence electrons. The maximum absolute atomic E-state index is 12.1. The monoisotopic (exact) mass is 234 g/mol. The standard InChI is InChI=1S/C13H18N2O2/c1-17-12-7-11(8-15-9-12)13(16)6-10-2-4-14-5-3-10/h7-10,14H,2-6H2,1H3. The summed E-state index contributed by atoms with van der Waals surface area (Å²) in [5, 5.41) is 3.30. The Balaban J connectivity index is 1.98. The van der Waals surface area contributed by atoms with Crippen molar-refractivity contribution in [3.8, 4) is 5.75 Å². The van der Waals surface area contributed by atoms with Gasteiger partial charge in [-0.3, -0.25) is 9.78 Å². The van der Waals surface area contributed by atoms with Gasteiger partial charge in [-0.1, -0.05) is 0 Å². The van der Waals surface area contributed by atoms with Crippen molar-refractivity contribution >= 4 is 5.78 Å². The number of nitrogens with zero attached hydrogens (tertiary/aromatic N) is 1. The molecule has 0 amide bonds. The van der Waals surface area contributed by atoms with Crippen LogP contribution in [-0.2, 0) is 0 Å². The highest BCUT2D eigenvalue weighted by Gasteiger charge is 2.18. The Morgan fingerprint density at radius 1 is 1.47 bits per heavy atom. The van der Waals surface area contributed by atoms with E-state index >= 15 is 0 Å². The maximum atomic E-state index is 12.1. The third-order valence-electron chi connectivity index (χ3n) is 3.20. The Labute approximate surface area is 101 Å². The average molecular weight is 234 g/mol. The number of ketones is 1. The van der Waals surface area contributed by atoms with E-state index in [1.807, 2.05) is 0 Å². The number of carbonyl (C=O) groups excluding carboxylic acids is 1. The quantitative estimate of drug-likeness (QED) is 0.805. The highest BCUT2D eigenvalue weighted by molar-refractivity contribution is 5.96. The van der Waals surface area contributed by atoms with Gasteiger partial charge in [0.15, 0.2) is 5.78 Å². The molecule has 1 aromatic rings.